The minimum absolute atomic E-state index is 0.955. The first-order valence-corrected chi connectivity index (χ1v) is 12.4. The molecule has 0 aromatic rings. The Bertz CT molecular complexity index is 63.4. The topological polar surface area (TPSA) is 3.24 Å². The molecule has 0 spiro atoms. The zero-order valence-corrected chi connectivity index (χ0v) is 11.3. The van der Waals surface area contributed by atoms with Gasteiger partial charge in [-0.2, -0.15) is 0 Å². The van der Waals surface area contributed by atoms with Crippen molar-refractivity contribution in [1.29, 1.82) is 0 Å². The van der Waals surface area contributed by atoms with E-state index in [-0.39, 0.29) is 0 Å². The van der Waals surface area contributed by atoms with Crippen molar-refractivity contribution in [1.82, 2.24) is 2.66 Å². The number of piperidine rings is 1. The summed E-state index contributed by atoms with van der Waals surface area (Å²) in [4.78, 5) is 0. The third kappa shape index (κ3) is 2.20. The molecule has 0 saturated carbocycles. The fraction of sp³-hybridized carbons (Fsp3) is 1.00. The van der Waals surface area contributed by atoms with Crippen molar-refractivity contribution >= 4 is 8.25 Å². The van der Waals surface area contributed by atoms with Crippen LogP contribution < -0.4 is 0 Å². The molecule has 0 amide bonds. The van der Waals surface area contributed by atoms with Crippen molar-refractivity contribution in [3.63, 3.8) is 0 Å². The third-order valence-corrected chi connectivity index (χ3v) is 8.36. The van der Waals surface area contributed by atoms with Gasteiger partial charge in [0.15, 0.2) is 0 Å². The van der Waals surface area contributed by atoms with Gasteiger partial charge in [-0.15, -0.1) is 0 Å². The van der Waals surface area contributed by atoms with E-state index in [0.29, 0.717) is 0 Å². The van der Waals surface area contributed by atoms with Crippen LogP contribution in [0, 0.1) is 0 Å². The standard InChI is InChI=1S/C5H10N.ClH.Hg/c1-2-4-6-5-3-1;;/h1-5H2;1H;/q-1;;+2/p-1. The Morgan fingerprint density at radius 3 is 2.12 bits per heavy atom. The summed E-state index contributed by atoms with van der Waals surface area (Å²) in [7, 11) is 5.83. The monoisotopic (exact) mass is 321 g/mol. The van der Waals surface area contributed by atoms with Crippen LogP contribution in [-0.2, 0) is 23.6 Å². The van der Waals surface area contributed by atoms with E-state index in [2.05, 4.69) is 2.66 Å². The number of hydrogen-bond acceptors (Lipinski definition) is 1. The first kappa shape index (κ1) is 7.29. The molecule has 0 radical (unpaired) electrons. The second kappa shape index (κ2) is 4.07. The van der Waals surface area contributed by atoms with Crippen LogP contribution >= 0.6 is 8.25 Å². The molecule has 1 rings (SSSR count). The average Bonchev–Trinajstić information content (AvgIpc) is 1.90. The van der Waals surface area contributed by atoms with Crippen LogP contribution in [-0.4, -0.2) is 15.8 Å². The van der Waals surface area contributed by atoms with Crippen molar-refractivity contribution < 1.29 is 23.6 Å². The predicted octanol–water partition coefficient (Wildman–Crippen LogP) is 1.62. The minimum atomic E-state index is -0.955. The molecule has 1 saturated heterocycles. The molecule has 1 heterocycles. The van der Waals surface area contributed by atoms with Gasteiger partial charge in [0, 0.05) is 0 Å². The van der Waals surface area contributed by atoms with E-state index in [9.17, 15) is 0 Å². The summed E-state index contributed by atoms with van der Waals surface area (Å²) in [6, 6.07) is 0. The molecule has 0 unspecified atom stereocenters. The van der Waals surface area contributed by atoms with Gasteiger partial charge in [-0.3, -0.25) is 0 Å². The molecular weight excluding hydrogens is 310 g/mol. The van der Waals surface area contributed by atoms with Gasteiger partial charge in [0.25, 0.3) is 0 Å². The molecule has 0 atom stereocenters. The van der Waals surface area contributed by atoms with E-state index in [1.54, 1.807) is 0 Å². The Morgan fingerprint density at radius 1 is 1.12 bits per heavy atom. The molecule has 0 bridgehead atoms. The summed E-state index contributed by atoms with van der Waals surface area (Å²) in [5.74, 6) is 0. The third-order valence-electron chi connectivity index (χ3n) is 1.62. The van der Waals surface area contributed by atoms with E-state index in [1.807, 2.05) is 0 Å². The Balaban J connectivity index is 2.13. The molecule has 1 fully saturated rings. The van der Waals surface area contributed by atoms with Gasteiger partial charge in [-0.25, -0.2) is 0 Å². The number of nitrogens with zero attached hydrogens (tertiary/aromatic N) is 1. The number of hydrogen-bond donors (Lipinski definition) is 0. The maximum atomic E-state index is 5.83. The van der Waals surface area contributed by atoms with E-state index in [4.69, 9.17) is 8.25 Å². The van der Waals surface area contributed by atoms with E-state index in [1.165, 1.54) is 32.4 Å². The van der Waals surface area contributed by atoms with Gasteiger partial charge in [0.05, 0.1) is 0 Å². The van der Waals surface area contributed by atoms with Crippen LogP contribution in [0.5, 0.6) is 0 Å². The summed E-state index contributed by atoms with van der Waals surface area (Å²) >= 11 is -0.955. The van der Waals surface area contributed by atoms with Crippen molar-refractivity contribution in [2.24, 2.45) is 0 Å². The molecule has 8 heavy (non-hydrogen) atoms. The zero-order chi connectivity index (χ0) is 5.82. The van der Waals surface area contributed by atoms with Gasteiger partial charge in [-0.05, 0) is 0 Å². The SMILES string of the molecule is [Cl][Hg][N]1CCCCC1. The summed E-state index contributed by atoms with van der Waals surface area (Å²) in [6.45, 7) is 2.62. The molecular formula is C5H10ClHgN. The molecule has 0 aliphatic carbocycles. The molecule has 3 heteroatoms. The molecule has 0 aromatic heterocycles. The Morgan fingerprint density at radius 2 is 1.75 bits per heavy atom. The maximum absolute atomic E-state index is 5.83. The summed E-state index contributed by atoms with van der Waals surface area (Å²) in [6.07, 6.45) is 4.22. The van der Waals surface area contributed by atoms with Crippen LogP contribution in [0.25, 0.3) is 0 Å². The van der Waals surface area contributed by atoms with E-state index in [0.717, 1.165) is 0 Å². The Hall–Kier alpha value is 1.19. The average molecular weight is 320 g/mol. The van der Waals surface area contributed by atoms with Gasteiger partial charge < -0.3 is 0 Å². The van der Waals surface area contributed by atoms with Crippen LogP contribution in [0.4, 0.5) is 0 Å². The zero-order valence-electron chi connectivity index (χ0n) is 5.07. The second-order valence-corrected chi connectivity index (χ2v) is 8.80. The van der Waals surface area contributed by atoms with Crippen molar-refractivity contribution in [3.8, 4) is 0 Å². The molecule has 1 aliphatic heterocycles. The fourth-order valence-corrected chi connectivity index (χ4v) is 5.84. The molecule has 0 N–H and O–H groups in total. The van der Waals surface area contributed by atoms with Gasteiger partial charge in [0.1, 0.15) is 0 Å². The van der Waals surface area contributed by atoms with Crippen LogP contribution in [0.15, 0.2) is 0 Å². The summed E-state index contributed by atoms with van der Waals surface area (Å²) < 4.78 is 2.51. The van der Waals surface area contributed by atoms with Crippen molar-refractivity contribution in [3.05, 3.63) is 0 Å². The van der Waals surface area contributed by atoms with Crippen molar-refractivity contribution in [2.75, 3.05) is 13.1 Å². The first-order chi connectivity index (χ1) is 3.93. The van der Waals surface area contributed by atoms with Crippen LogP contribution in [0.3, 0.4) is 0 Å². The number of rotatable bonds is 1. The number of halogens is 1. The van der Waals surface area contributed by atoms with E-state index < -0.39 is 23.6 Å². The Labute approximate surface area is 66.7 Å². The second-order valence-electron chi connectivity index (χ2n) is 2.30. The molecule has 0 aromatic carbocycles. The predicted molar refractivity (Wildman–Crippen MR) is 31.3 cm³/mol. The molecule has 44 valence electrons. The van der Waals surface area contributed by atoms with Crippen LogP contribution in [0.2, 0.25) is 0 Å². The van der Waals surface area contributed by atoms with Gasteiger partial charge in [-0.1, -0.05) is 0 Å². The van der Waals surface area contributed by atoms with Crippen LogP contribution in [0.1, 0.15) is 19.3 Å². The summed E-state index contributed by atoms with van der Waals surface area (Å²) in [5.41, 5.74) is 0. The fourth-order valence-electron chi connectivity index (χ4n) is 1.08. The van der Waals surface area contributed by atoms with E-state index >= 15 is 0 Å². The normalized spacial score (nSPS) is 22.6. The first-order valence-electron chi connectivity index (χ1n) is 3.22. The Kier molecular flexibility index (Phi) is 3.71. The van der Waals surface area contributed by atoms with Gasteiger partial charge >= 0.3 is 66.9 Å². The van der Waals surface area contributed by atoms with Crippen molar-refractivity contribution in [2.45, 2.75) is 19.3 Å². The summed E-state index contributed by atoms with van der Waals surface area (Å²) in [5, 5.41) is 0. The molecule has 1 aliphatic rings. The van der Waals surface area contributed by atoms with Gasteiger partial charge in [0.2, 0.25) is 0 Å². The molecule has 1 nitrogen and oxygen atoms in total. The quantitative estimate of drug-likeness (QED) is 0.664.